The fraction of sp³-hybridized carbons (Fsp3) is 0.0833. The summed E-state index contributed by atoms with van der Waals surface area (Å²) in [5.41, 5.74) is 3.20. The normalized spacial score (nSPS) is 11.1. The highest BCUT2D eigenvalue weighted by atomic mass is 79.9. The number of hydrogen-bond donors (Lipinski definition) is 1. The number of nitrogens with one attached hydrogen (secondary N) is 1. The van der Waals surface area contributed by atoms with E-state index in [2.05, 4.69) is 37.2 Å². The molecule has 0 heterocycles. The van der Waals surface area contributed by atoms with E-state index in [4.69, 9.17) is 27.9 Å². The Bertz CT molecular complexity index is 1210. The topological polar surface area (TPSA) is 62.1 Å². The molecule has 0 radical (unpaired) electrons. The number of benzene rings is 3. The Balaban J connectivity index is 1.76. The number of carbonyl (C=O) groups is 1. The molecule has 4 nitrogen and oxygen atoms in total. The fourth-order valence-electron chi connectivity index (χ4n) is 2.74. The summed E-state index contributed by atoms with van der Waals surface area (Å²) in [5.74, 6) is 0.0966. The van der Waals surface area contributed by atoms with Crippen molar-refractivity contribution in [1.29, 1.82) is 5.26 Å². The molecule has 0 fully saturated rings. The molecule has 0 spiro atoms. The van der Waals surface area contributed by atoms with Crippen molar-refractivity contribution < 1.29 is 9.53 Å². The van der Waals surface area contributed by atoms with E-state index in [1.807, 2.05) is 31.2 Å². The molecule has 1 amide bonds. The van der Waals surface area contributed by atoms with E-state index in [0.717, 1.165) is 11.1 Å². The molecule has 162 valence electrons. The second-order valence-electron chi connectivity index (χ2n) is 6.84. The molecule has 0 aliphatic heterocycles. The molecule has 0 saturated heterocycles. The van der Waals surface area contributed by atoms with Crippen LogP contribution in [-0.4, -0.2) is 5.91 Å². The van der Waals surface area contributed by atoms with Crippen molar-refractivity contribution >= 4 is 72.7 Å². The number of halogens is 4. The zero-order valence-corrected chi connectivity index (χ0v) is 21.4. The van der Waals surface area contributed by atoms with Crippen LogP contribution in [0.3, 0.4) is 0 Å². The molecule has 0 aromatic heterocycles. The van der Waals surface area contributed by atoms with Crippen LogP contribution in [0.5, 0.6) is 5.75 Å². The van der Waals surface area contributed by atoms with Crippen molar-refractivity contribution in [1.82, 2.24) is 0 Å². The van der Waals surface area contributed by atoms with Crippen molar-refractivity contribution in [3.63, 3.8) is 0 Å². The number of aryl methyl sites for hydroxylation is 1. The van der Waals surface area contributed by atoms with Gasteiger partial charge in [0.05, 0.1) is 19.0 Å². The van der Waals surface area contributed by atoms with Crippen LogP contribution in [0.1, 0.15) is 16.7 Å². The first kappa shape index (κ1) is 24.3. The lowest BCUT2D eigenvalue weighted by molar-refractivity contribution is -0.112. The van der Waals surface area contributed by atoms with E-state index < -0.39 is 5.91 Å². The highest BCUT2D eigenvalue weighted by molar-refractivity contribution is 9.11. The van der Waals surface area contributed by atoms with Crippen molar-refractivity contribution in [2.45, 2.75) is 13.5 Å². The summed E-state index contributed by atoms with van der Waals surface area (Å²) in [5, 5.41) is 13.1. The number of ether oxygens (including phenoxy) is 1. The third-order valence-corrected chi connectivity index (χ3v) is 6.29. The lowest BCUT2D eigenvalue weighted by atomic mass is 10.1. The van der Waals surface area contributed by atoms with Gasteiger partial charge in [0.25, 0.3) is 5.91 Å². The maximum Gasteiger partial charge on any atom is 0.266 e. The van der Waals surface area contributed by atoms with Gasteiger partial charge in [-0.3, -0.25) is 4.79 Å². The summed E-state index contributed by atoms with van der Waals surface area (Å²) in [7, 11) is 0. The van der Waals surface area contributed by atoms with E-state index >= 15 is 0 Å². The minimum atomic E-state index is -0.483. The highest BCUT2D eigenvalue weighted by Gasteiger charge is 2.13. The lowest BCUT2D eigenvalue weighted by Crippen LogP contribution is -2.13. The molecule has 8 heteroatoms. The van der Waals surface area contributed by atoms with Crippen LogP contribution < -0.4 is 10.1 Å². The minimum Gasteiger partial charge on any atom is -0.487 e. The quantitative estimate of drug-likeness (QED) is 0.233. The van der Waals surface area contributed by atoms with Gasteiger partial charge in [0, 0.05) is 5.69 Å². The molecule has 3 aromatic rings. The zero-order valence-electron chi connectivity index (χ0n) is 16.8. The standard InChI is InChI=1S/C24H16Br2Cl2N2O2/c1-14-2-5-18(6-3-14)30-24(31)17(12-29)8-16-9-19(25)23(20(26)10-16)32-13-15-4-7-21(27)22(28)11-15/h2-11H,13H2,1H3,(H,30,31)/b17-8+. The van der Waals surface area contributed by atoms with Crippen LogP contribution in [0.4, 0.5) is 5.69 Å². The van der Waals surface area contributed by atoms with Crippen LogP contribution in [0.15, 0.2) is 69.1 Å². The van der Waals surface area contributed by atoms with Crippen LogP contribution in [0.25, 0.3) is 6.08 Å². The van der Waals surface area contributed by atoms with E-state index in [0.29, 0.717) is 36.0 Å². The number of hydrogen-bond acceptors (Lipinski definition) is 3. The first-order chi connectivity index (χ1) is 15.3. The molecular formula is C24H16Br2Cl2N2O2. The van der Waals surface area contributed by atoms with Gasteiger partial charge in [0.2, 0.25) is 0 Å². The Morgan fingerprint density at radius 2 is 1.72 bits per heavy atom. The highest BCUT2D eigenvalue weighted by Crippen LogP contribution is 2.36. The van der Waals surface area contributed by atoms with Gasteiger partial charge in [0.15, 0.2) is 0 Å². The smallest absolute Gasteiger partial charge is 0.266 e. The summed E-state index contributed by atoms with van der Waals surface area (Å²) < 4.78 is 7.23. The van der Waals surface area contributed by atoms with Crippen molar-refractivity contribution in [2.24, 2.45) is 0 Å². The average Bonchev–Trinajstić information content (AvgIpc) is 2.75. The summed E-state index contributed by atoms with van der Waals surface area (Å²) in [4.78, 5) is 12.5. The maximum atomic E-state index is 12.5. The molecule has 0 aliphatic rings. The number of rotatable bonds is 6. The van der Waals surface area contributed by atoms with Gasteiger partial charge < -0.3 is 10.1 Å². The molecule has 0 atom stereocenters. The summed E-state index contributed by atoms with van der Waals surface area (Å²) in [6.45, 7) is 2.24. The SMILES string of the molecule is Cc1ccc(NC(=O)/C(C#N)=C/c2cc(Br)c(OCc3ccc(Cl)c(Cl)c3)c(Br)c2)cc1. The van der Waals surface area contributed by atoms with Crippen molar-refractivity contribution in [3.05, 3.63) is 95.9 Å². The Morgan fingerprint density at radius 1 is 1.06 bits per heavy atom. The van der Waals surface area contributed by atoms with Gasteiger partial charge in [0.1, 0.15) is 24.0 Å². The molecule has 0 saturated carbocycles. The Labute approximate surface area is 213 Å². The second kappa shape index (κ2) is 11.0. The van der Waals surface area contributed by atoms with E-state index in [9.17, 15) is 10.1 Å². The van der Waals surface area contributed by atoms with Crippen LogP contribution in [0, 0.1) is 18.3 Å². The molecular weight excluding hydrogens is 579 g/mol. The third-order valence-electron chi connectivity index (χ3n) is 4.37. The lowest BCUT2D eigenvalue weighted by Gasteiger charge is -2.12. The predicted molar refractivity (Wildman–Crippen MR) is 136 cm³/mol. The van der Waals surface area contributed by atoms with E-state index in [-0.39, 0.29) is 12.2 Å². The fourth-order valence-corrected chi connectivity index (χ4v) is 4.51. The Kier molecular flexibility index (Phi) is 8.38. The van der Waals surface area contributed by atoms with Crippen LogP contribution in [0.2, 0.25) is 10.0 Å². The average molecular weight is 595 g/mol. The van der Waals surface area contributed by atoms with Gasteiger partial charge >= 0.3 is 0 Å². The van der Waals surface area contributed by atoms with Gasteiger partial charge in [-0.05, 0) is 92.4 Å². The minimum absolute atomic E-state index is 0.0196. The van der Waals surface area contributed by atoms with E-state index in [1.165, 1.54) is 6.08 Å². The second-order valence-corrected chi connectivity index (χ2v) is 9.36. The predicted octanol–water partition coefficient (Wildman–Crippen LogP) is 7.95. The number of anilines is 1. The van der Waals surface area contributed by atoms with Gasteiger partial charge in [-0.25, -0.2) is 0 Å². The zero-order chi connectivity index (χ0) is 23.3. The van der Waals surface area contributed by atoms with Crippen LogP contribution in [-0.2, 0) is 11.4 Å². The molecule has 1 N–H and O–H groups in total. The van der Waals surface area contributed by atoms with Crippen molar-refractivity contribution in [2.75, 3.05) is 5.32 Å². The molecule has 0 aliphatic carbocycles. The monoisotopic (exact) mass is 592 g/mol. The van der Waals surface area contributed by atoms with Gasteiger partial charge in [-0.15, -0.1) is 0 Å². The first-order valence-corrected chi connectivity index (χ1v) is 11.7. The van der Waals surface area contributed by atoms with Gasteiger partial charge in [-0.1, -0.05) is 47.0 Å². The number of carbonyl (C=O) groups excluding carboxylic acids is 1. The van der Waals surface area contributed by atoms with Gasteiger partial charge in [-0.2, -0.15) is 5.26 Å². The summed E-state index contributed by atoms with van der Waals surface area (Å²) in [6.07, 6.45) is 1.52. The number of nitriles is 1. The molecule has 3 rings (SSSR count). The largest absolute Gasteiger partial charge is 0.487 e. The van der Waals surface area contributed by atoms with Crippen molar-refractivity contribution in [3.8, 4) is 11.8 Å². The summed E-state index contributed by atoms with van der Waals surface area (Å²) >= 11 is 19.0. The Morgan fingerprint density at radius 3 is 2.31 bits per heavy atom. The number of nitrogens with zero attached hydrogens (tertiary/aromatic N) is 1. The third kappa shape index (κ3) is 6.36. The van der Waals surface area contributed by atoms with Crippen LogP contribution >= 0.6 is 55.1 Å². The molecule has 0 bridgehead atoms. The maximum absolute atomic E-state index is 12.5. The summed E-state index contributed by atoms with van der Waals surface area (Å²) in [6, 6.07) is 18.1. The molecule has 3 aromatic carbocycles. The van der Waals surface area contributed by atoms with E-state index in [1.54, 1.807) is 36.4 Å². The molecule has 0 unspecified atom stereocenters. The first-order valence-electron chi connectivity index (χ1n) is 9.32. The number of amides is 1. The molecule has 32 heavy (non-hydrogen) atoms. The Hall–Kier alpha value is -2.30.